The largest absolute Gasteiger partial charge is 0.277 e. The molecule has 0 saturated carbocycles. The average Bonchev–Trinajstić information content (AvgIpc) is 2.48. The van der Waals surface area contributed by atoms with E-state index in [9.17, 15) is 4.79 Å². The van der Waals surface area contributed by atoms with E-state index < -0.39 is 0 Å². The predicted molar refractivity (Wildman–Crippen MR) is 84.6 cm³/mol. The van der Waals surface area contributed by atoms with Gasteiger partial charge in [0.15, 0.2) is 0 Å². The van der Waals surface area contributed by atoms with Gasteiger partial charge in [0.1, 0.15) is 0 Å². The van der Waals surface area contributed by atoms with Crippen LogP contribution in [0.4, 0.5) is 0 Å². The topological polar surface area (TPSA) is 41.5 Å². The second-order valence-electron chi connectivity index (χ2n) is 4.22. The summed E-state index contributed by atoms with van der Waals surface area (Å²) in [7, 11) is 0. The molecule has 0 aliphatic heterocycles. The third-order valence-electron chi connectivity index (χ3n) is 2.84. The predicted octanol–water partition coefficient (Wildman–Crippen LogP) is 3.51. The summed E-state index contributed by atoms with van der Waals surface area (Å²) in [5.41, 5.74) is 4.35. The summed E-state index contributed by atoms with van der Waals surface area (Å²) in [5.74, 6) is 0. The number of nitrogens with one attached hydrogen (secondary N) is 1. The molecule has 0 spiro atoms. The Bertz CT molecular complexity index is 684. The number of hydrogen-bond acceptors (Lipinski definition) is 2. The zero-order valence-corrected chi connectivity index (χ0v) is 11.3. The Morgan fingerprint density at radius 2 is 2.00 bits per heavy atom. The van der Waals surface area contributed by atoms with E-state index in [0.717, 1.165) is 21.9 Å². The molecule has 0 atom stereocenters. The van der Waals surface area contributed by atoms with E-state index in [1.165, 1.54) is 0 Å². The number of allylic oxidation sites excluding steroid dienone is 3. The molecule has 3 nitrogen and oxygen atoms in total. The van der Waals surface area contributed by atoms with Crippen LogP contribution in [0.2, 0.25) is 0 Å². The van der Waals surface area contributed by atoms with E-state index in [4.69, 9.17) is 0 Å². The Morgan fingerprint density at radius 3 is 2.80 bits per heavy atom. The van der Waals surface area contributed by atoms with Crippen LogP contribution in [0.5, 0.6) is 0 Å². The van der Waals surface area contributed by atoms with E-state index in [0.29, 0.717) is 6.41 Å². The molecule has 1 amide bonds. The Balaban J connectivity index is 2.48. The summed E-state index contributed by atoms with van der Waals surface area (Å²) in [6.07, 6.45) is 10.2. The molecule has 0 saturated heterocycles. The molecule has 2 aromatic carbocycles. The summed E-state index contributed by atoms with van der Waals surface area (Å²) >= 11 is 0. The highest BCUT2D eigenvalue weighted by Gasteiger charge is 2.00. The minimum Gasteiger partial charge on any atom is -0.277 e. The maximum Gasteiger partial charge on any atom is 0.227 e. The number of rotatable bonds is 5. The van der Waals surface area contributed by atoms with Crippen molar-refractivity contribution in [1.82, 2.24) is 5.43 Å². The molecular weight excluding hydrogens is 248 g/mol. The normalized spacial score (nSPS) is 11.8. The van der Waals surface area contributed by atoms with Gasteiger partial charge in [-0.05, 0) is 35.4 Å². The van der Waals surface area contributed by atoms with Crippen LogP contribution in [0.15, 0.2) is 59.7 Å². The first-order valence-corrected chi connectivity index (χ1v) is 6.39. The lowest BCUT2D eigenvalue weighted by Crippen LogP contribution is -2.00. The van der Waals surface area contributed by atoms with Crippen LogP contribution < -0.4 is 5.43 Å². The number of hydrogen-bond donors (Lipinski definition) is 1. The third-order valence-corrected chi connectivity index (χ3v) is 2.84. The molecule has 0 aromatic heterocycles. The molecule has 0 radical (unpaired) electrons. The number of fused-ring (bicyclic) bond motifs is 1. The van der Waals surface area contributed by atoms with Gasteiger partial charge in [0.2, 0.25) is 6.41 Å². The molecule has 20 heavy (non-hydrogen) atoms. The second kappa shape index (κ2) is 7.04. The van der Waals surface area contributed by atoms with Gasteiger partial charge in [-0.15, -0.1) is 0 Å². The van der Waals surface area contributed by atoms with Gasteiger partial charge >= 0.3 is 0 Å². The SMILES string of the molecule is C/C=C\C=C/c1cc(/C=N/NC=O)c2ccccc2c1. The number of nitrogens with zero attached hydrogens (tertiary/aromatic N) is 1. The van der Waals surface area contributed by atoms with Gasteiger partial charge in [-0.2, -0.15) is 5.10 Å². The van der Waals surface area contributed by atoms with Crippen molar-refractivity contribution in [1.29, 1.82) is 0 Å². The van der Waals surface area contributed by atoms with Crippen molar-refractivity contribution in [2.75, 3.05) is 0 Å². The summed E-state index contributed by atoms with van der Waals surface area (Å²) in [6.45, 7) is 1.98. The zero-order chi connectivity index (χ0) is 14.2. The van der Waals surface area contributed by atoms with Gasteiger partial charge in [-0.1, -0.05) is 48.6 Å². The minimum absolute atomic E-state index is 0.550. The van der Waals surface area contributed by atoms with E-state index >= 15 is 0 Å². The van der Waals surface area contributed by atoms with Crippen LogP contribution in [0.3, 0.4) is 0 Å². The Labute approximate surface area is 118 Å². The Morgan fingerprint density at radius 1 is 1.15 bits per heavy atom. The fraction of sp³-hybridized carbons (Fsp3) is 0.0588. The van der Waals surface area contributed by atoms with Crippen molar-refractivity contribution in [2.45, 2.75) is 6.92 Å². The van der Waals surface area contributed by atoms with E-state index in [1.54, 1.807) is 6.21 Å². The number of benzene rings is 2. The molecular formula is C17H16N2O. The van der Waals surface area contributed by atoms with Gasteiger partial charge < -0.3 is 0 Å². The van der Waals surface area contributed by atoms with Crippen molar-refractivity contribution < 1.29 is 4.79 Å². The molecule has 1 N–H and O–H groups in total. The van der Waals surface area contributed by atoms with Crippen molar-refractivity contribution in [3.05, 3.63) is 65.8 Å². The van der Waals surface area contributed by atoms with Crippen LogP contribution in [0, 0.1) is 0 Å². The smallest absolute Gasteiger partial charge is 0.227 e. The first kappa shape index (κ1) is 13.7. The number of carbonyl (C=O) groups is 1. The molecule has 0 aliphatic rings. The van der Waals surface area contributed by atoms with E-state index in [-0.39, 0.29) is 0 Å². The number of carbonyl (C=O) groups excluding carboxylic acids is 1. The van der Waals surface area contributed by atoms with Gasteiger partial charge in [0.25, 0.3) is 0 Å². The Kier molecular flexibility index (Phi) is 4.84. The van der Waals surface area contributed by atoms with Crippen LogP contribution in [0.1, 0.15) is 18.1 Å². The highest BCUT2D eigenvalue weighted by atomic mass is 16.1. The summed E-state index contributed by atoms with van der Waals surface area (Å²) in [6, 6.07) is 12.3. The molecule has 2 aromatic rings. The molecule has 2 rings (SSSR count). The van der Waals surface area contributed by atoms with Gasteiger partial charge in [0.05, 0.1) is 6.21 Å². The average molecular weight is 264 g/mol. The maximum absolute atomic E-state index is 10.3. The minimum atomic E-state index is 0.550. The fourth-order valence-electron chi connectivity index (χ4n) is 1.98. The summed E-state index contributed by atoms with van der Waals surface area (Å²) in [4.78, 5) is 10.3. The lowest BCUT2D eigenvalue weighted by molar-refractivity contribution is -0.109. The number of amides is 1. The van der Waals surface area contributed by atoms with Gasteiger partial charge in [-0.25, -0.2) is 5.43 Å². The van der Waals surface area contributed by atoms with Crippen molar-refractivity contribution in [2.24, 2.45) is 5.10 Å². The summed E-state index contributed by atoms with van der Waals surface area (Å²) in [5, 5.41) is 6.11. The molecule has 0 aliphatic carbocycles. The molecule has 0 heterocycles. The molecule has 0 bridgehead atoms. The van der Waals surface area contributed by atoms with Crippen LogP contribution >= 0.6 is 0 Å². The first-order chi connectivity index (χ1) is 9.85. The van der Waals surface area contributed by atoms with Crippen LogP contribution in [-0.2, 0) is 4.79 Å². The molecule has 0 unspecified atom stereocenters. The zero-order valence-electron chi connectivity index (χ0n) is 11.3. The van der Waals surface area contributed by atoms with Crippen LogP contribution in [-0.4, -0.2) is 12.6 Å². The maximum atomic E-state index is 10.3. The highest BCUT2D eigenvalue weighted by molar-refractivity contribution is 6.01. The molecule has 3 heteroatoms. The quantitative estimate of drug-likeness (QED) is 0.382. The fourth-order valence-corrected chi connectivity index (χ4v) is 1.98. The van der Waals surface area contributed by atoms with Crippen molar-refractivity contribution in [3.63, 3.8) is 0 Å². The number of hydrazone groups is 1. The van der Waals surface area contributed by atoms with Crippen molar-refractivity contribution >= 4 is 29.5 Å². The third kappa shape index (κ3) is 3.42. The van der Waals surface area contributed by atoms with E-state index in [1.807, 2.05) is 55.5 Å². The highest BCUT2D eigenvalue weighted by Crippen LogP contribution is 2.20. The lowest BCUT2D eigenvalue weighted by Gasteiger charge is -2.04. The Hall–Kier alpha value is -2.68. The van der Waals surface area contributed by atoms with E-state index in [2.05, 4.69) is 22.7 Å². The van der Waals surface area contributed by atoms with Gasteiger partial charge in [-0.3, -0.25) is 4.79 Å². The lowest BCUT2D eigenvalue weighted by atomic mass is 10.0. The molecule has 100 valence electrons. The van der Waals surface area contributed by atoms with Crippen molar-refractivity contribution in [3.8, 4) is 0 Å². The first-order valence-electron chi connectivity index (χ1n) is 6.39. The van der Waals surface area contributed by atoms with Crippen LogP contribution in [0.25, 0.3) is 16.8 Å². The monoisotopic (exact) mass is 264 g/mol. The van der Waals surface area contributed by atoms with Gasteiger partial charge in [0, 0.05) is 5.56 Å². The standard InChI is InChI=1S/C17H16N2O/c1-2-3-4-7-14-10-15-8-5-6-9-17(15)16(11-14)12-18-19-13-20/h2-13H,1H3,(H,19,20)/b3-2-,7-4-,18-12+. The second-order valence-corrected chi connectivity index (χ2v) is 4.22. The summed E-state index contributed by atoms with van der Waals surface area (Å²) < 4.78 is 0. The molecule has 0 fully saturated rings.